The van der Waals surface area contributed by atoms with Gasteiger partial charge in [0, 0.05) is 18.4 Å². The van der Waals surface area contributed by atoms with Crippen molar-refractivity contribution in [3.8, 4) is 11.5 Å². The summed E-state index contributed by atoms with van der Waals surface area (Å²) < 4.78 is 16.8. The lowest BCUT2D eigenvalue weighted by Gasteiger charge is -2.25. The molecule has 29 heavy (non-hydrogen) atoms. The quantitative estimate of drug-likeness (QED) is 0.309. The molecule has 1 aromatic rings. The number of carbonyl (C=O) groups excluding carboxylic acids is 1. The second-order valence-electron chi connectivity index (χ2n) is 6.60. The summed E-state index contributed by atoms with van der Waals surface area (Å²) in [6.07, 6.45) is 4.95. The molecule has 156 valence electrons. The van der Waals surface area contributed by atoms with Crippen molar-refractivity contribution in [2.24, 2.45) is 10.3 Å². The number of allylic oxidation sites excluding steroid dienone is 3. The first kappa shape index (κ1) is 22.0. The average Bonchev–Trinajstić information content (AvgIpc) is 2.74. The number of esters is 1. The van der Waals surface area contributed by atoms with Crippen molar-refractivity contribution in [1.29, 1.82) is 0 Å². The monoisotopic (exact) mass is 402 g/mol. The summed E-state index contributed by atoms with van der Waals surface area (Å²) in [5, 5.41) is 25.6. The third-order valence-corrected chi connectivity index (χ3v) is 4.47. The van der Waals surface area contributed by atoms with Gasteiger partial charge in [-0.1, -0.05) is 28.9 Å². The van der Waals surface area contributed by atoms with Crippen LogP contribution in [0, 0.1) is 0 Å². The van der Waals surface area contributed by atoms with E-state index in [2.05, 4.69) is 10.3 Å². The van der Waals surface area contributed by atoms with Crippen LogP contribution in [-0.2, 0) is 9.53 Å². The van der Waals surface area contributed by atoms with Gasteiger partial charge in [0.25, 0.3) is 0 Å². The maximum absolute atomic E-state index is 12.1. The summed E-state index contributed by atoms with van der Waals surface area (Å²) in [7, 11) is 2.94. The highest BCUT2D eigenvalue weighted by Gasteiger charge is 2.31. The SMILES string of the molecule is CCC(=O)O[C@@H](CC=C(C)C)c1cc(OC)c2c(c1OC)/C(=N/O)C=C/C2=N\O. The van der Waals surface area contributed by atoms with Crippen LogP contribution in [-0.4, -0.2) is 42.0 Å². The molecule has 0 aromatic heterocycles. The summed E-state index contributed by atoms with van der Waals surface area (Å²) in [5.74, 6) is 0.350. The van der Waals surface area contributed by atoms with Gasteiger partial charge >= 0.3 is 5.97 Å². The topological polar surface area (TPSA) is 110 Å². The van der Waals surface area contributed by atoms with Gasteiger partial charge in [0.1, 0.15) is 29.0 Å². The van der Waals surface area contributed by atoms with Crippen molar-refractivity contribution < 1.29 is 29.4 Å². The standard InChI is InChI=1S/C21H26N2O6/c1-6-18(24)29-16(10-7-12(2)3)13-11-17(27-4)19-14(22-25)8-9-15(23-26)20(19)21(13)28-5/h7-9,11,16,25-26H,6,10H2,1-5H3/b22-14+,23-15+/t16-/m0/s1. The molecule has 0 fully saturated rings. The molecule has 2 N–H and O–H groups in total. The van der Waals surface area contributed by atoms with Crippen molar-refractivity contribution in [2.75, 3.05) is 14.2 Å². The maximum atomic E-state index is 12.1. The Bertz CT molecular complexity index is 895. The molecule has 0 amide bonds. The summed E-state index contributed by atoms with van der Waals surface area (Å²) >= 11 is 0. The number of fused-ring (bicyclic) bond motifs is 1. The second-order valence-corrected chi connectivity index (χ2v) is 6.60. The zero-order valence-electron chi connectivity index (χ0n) is 17.2. The molecular formula is C21H26N2O6. The fourth-order valence-corrected chi connectivity index (χ4v) is 3.09. The van der Waals surface area contributed by atoms with Crippen LogP contribution in [0.1, 0.15) is 56.4 Å². The minimum atomic E-state index is -0.646. The molecule has 8 nitrogen and oxygen atoms in total. The number of nitrogens with zero attached hydrogens (tertiary/aromatic N) is 2. The minimum Gasteiger partial charge on any atom is -0.496 e. The van der Waals surface area contributed by atoms with Crippen LogP contribution < -0.4 is 9.47 Å². The molecule has 0 bridgehead atoms. The highest BCUT2D eigenvalue weighted by atomic mass is 16.5. The van der Waals surface area contributed by atoms with Crippen LogP contribution in [0.2, 0.25) is 0 Å². The number of hydrogen-bond donors (Lipinski definition) is 2. The molecule has 2 rings (SSSR count). The van der Waals surface area contributed by atoms with E-state index in [-0.39, 0.29) is 23.8 Å². The second kappa shape index (κ2) is 9.77. The molecule has 1 aliphatic carbocycles. The fourth-order valence-electron chi connectivity index (χ4n) is 3.09. The molecule has 1 aliphatic rings. The van der Waals surface area contributed by atoms with E-state index in [0.717, 1.165) is 5.57 Å². The van der Waals surface area contributed by atoms with Gasteiger partial charge in [0.05, 0.1) is 25.3 Å². The number of benzene rings is 1. The molecule has 1 aromatic carbocycles. The van der Waals surface area contributed by atoms with Crippen molar-refractivity contribution in [2.45, 2.75) is 39.7 Å². The van der Waals surface area contributed by atoms with Crippen molar-refractivity contribution in [1.82, 2.24) is 0 Å². The van der Waals surface area contributed by atoms with Gasteiger partial charge in [0.2, 0.25) is 0 Å². The van der Waals surface area contributed by atoms with Gasteiger partial charge < -0.3 is 24.6 Å². The first-order valence-electron chi connectivity index (χ1n) is 9.16. The van der Waals surface area contributed by atoms with Crippen molar-refractivity contribution in [3.63, 3.8) is 0 Å². The summed E-state index contributed by atoms with van der Waals surface area (Å²) in [5.41, 5.74) is 2.84. The van der Waals surface area contributed by atoms with Gasteiger partial charge in [-0.3, -0.25) is 4.79 Å². The molecule has 0 radical (unpaired) electrons. The zero-order valence-corrected chi connectivity index (χ0v) is 17.2. The van der Waals surface area contributed by atoms with Crippen LogP contribution in [0.3, 0.4) is 0 Å². The Morgan fingerprint density at radius 3 is 2.21 bits per heavy atom. The van der Waals surface area contributed by atoms with Gasteiger partial charge in [0.15, 0.2) is 0 Å². The van der Waals surface area contributed by atoms with E-state index in [1.54, 1.807) is 13.0 Å². The Morgan fingerprint density at radius 2 is 1.72 bits per heavy atom. The van der Waals surface area contributed by atoms with E-state index in [1.807, 2.05) is 19.9 Å². The summed E-state index contributed by atoms with van der Waals surface area (Å²) in [6, 6.07) is 1.68. The van der Waals surface area contributed by atoms with Crippen molar-refractivity contribution >= 4 is 17.4 Å². The average molecular weight is 402 g/mol. The molecule has 0 saturated heterocycles. The van der Waals surface area contributed by atoms with Gasteiger partial charge in [-0.15, -0.1) is 0 Å². The molecular weight excluding hydrogens is 376 g/mol. The number of rotatable bonds is 7. The van der Waals surface area contributed by atoms with E-state index >= 15 is 0 Å². The van der Waals surface area contributed by atoms with Gasteiger partial charge in [-0.05, 0) is 32.1 Å². The number of carbonyl (C=O) groups is 1. The molecule has 8 heteroatoms. The largest absolute Gasteiger partial charge is 0.496 e. The summed E-state index contributed by atoms with van der Waals surface area (Å²) in [6.45, 7) is 5.62. The normalized spacial score (nSPS) is 16.3. The van der Waals surface area contributed by atoms with E-state index < -0.39 is 6.10 Å². The third-order valence-electron chi connectivity index (χ3n) is 4.47. The lowest BCUT2D eigenvalue weighted by atomic mass is 9.88. The Morgan fingerprint density at radius 1 is 1.10 bits per heavy atom. The smallest absolute Gasteiger partial charge is 0.306 e. The van der Waals surface area contributed by atoms with Crippen LogP contribution in [0.4, 0.5) is 0 Å². The van der Waals surface area contributed by atoms with E-state index in [1.165, 1.54) is 26.4 Å². The molecule has 1 atom stereocenters. The molecule has 0 aliphatic heterocycles. The fraction of sp³-hybridized carbons (Fsp3) is 0.381. The van der Waals surface area contributed by atoms with Crippen molar-refractivity contribution in [3.05, 3.63) is 46.6 Å². The van der Waals surface area contributed by atoms with Crippen LogP contribution in [0.25, 0.3) is 0 Å². The Hall–Kier alpha value is -3.29. The zero-order chi connectivity index (χ0) is 21.6. The highest BCUT2D eigenvalue weighted by Crippen LogP contribution is 2.42. The number of oxime groups is 2. The Labute approximate surface area is 169 Å². The minimum absolute atomic E-state index is 0.201. The summed E-state index contributed by atoms with van der Waals surface area (Å²) in [4.78, 5) is 12.1. The predicted octanol–water partition coefficient (Wildman–Crippen LogP) is 3.98. The molecule has 0 spiro atoms. The number of methoxy groups -OCH3 is 2. The molecule has 0 unspecified atom stereocenters. The first-order chi connectivity index (χ1) is 13.9. The third kappa shape index (κ3) is 4.59. The van der Waals surface area contributed by atoms with E-state index in [0.29, 0.717) is 34.6 Å². The lowest BCUT2D eigenvalue weighted by Crippen LogP contribution is -2.19. The van der Waals surface area contributed by atoms with E-state index in [4.69, 9.17) is 14.2 Å². The maximum Gasteiger partial charge on any atom is 0.306 e. The Balaban J connectivity index is 2.80. The lowest BCUT2D eigenvalue weighted by molar-refractivity contribution is -0.149. The first-order valence-corrected chi connectivity index (χ1v) is 9.16. The van der Waals surface area contributed by atoms with Crippen LogP contribution >= 0.6 is 0 Å². The molecule has 0 heterocycles. The van der Waals surface area contributed by atoms with E-state index in [9.17, 15) is 15.2 Å². The number of hydrogen-bond acceptors (Lipinski definition) is 8. The predicted molar refractivity (Wildman–Crippen MR) is 109 cm³/mol. The highest BCUT2D eigenvalue weighted by molar-refractivity contribution is 6.27. The van der Waals surface area contributed by atoms with Crippen LogP contribution in [0.5, 0.6) is 11.5 Å². The number of ether oxygens (including phenoxy) is 3. The molecule has 0 saturated carbocycles. The Kier molecular flexibility index (Phi) is 7.41. The van der Waals surface area contributed by atoms with Crippen LogP contribution in [0.15, 0.2) is 40.2 Å². The van der Waals surface area contributed by atoms with Gasteiger partial charge in [-0.2, -0.15) is 0 Å². The van der Waals surface area contributed by atoms with Gasteiger partial charge in [-0.25, -0.2) is 0 Å².